The molecule has 5 heteroatoms. The van der Waals surface area contributed by atoms with Gasteiger partial charge in [-0.1, -0.05) is 18.2 Å². The van der Waals surface area contributed by atoms with Crippen molar-refractivity contribution in [3.05, 3.63) is 63.8 Å². The molecule has 0 spiro atoms. The van der Waals surface area contributed by atoms with Gasteiger partial charge in [-0.05, 0) is 24.6 Å². The fourth-order valence-electron chi connectivity index (χ4n) is 1.61. The lowest BCUT2D eigenvalue weighted by atomic mass is 10.2. The number of rotatable bonds is 4. The molecule has 0 aliphatic heterocycles. The fraction of sp³-hybridized carbons (Fsp3) is 0.154. The van der Waals surface area contributed by atoms with Crippen LogP contribution >= 0.6 is 0 Å². The molecule has 0 unspecified atom stereocenters. The van der Waals surface area contributed by atoms with Crippen LogP contribution in [0.3, 0.4) is 0 Å². The number of non-ortho nitro benzene ring substituents is 1. The highest BCUT2D eigenvalue weighted by Crippen LogP contribution is 2.14. The van der Waals surface area contributed by atoms with Gasteiger partial charge in [-0.15, -0.1) is 0 Å². The summed E-state index contributed by atoms with van der Waals surface area (Å²) in [5, 5.41) is 13.8. The Morgan fingerprint density at radius 1 is 1.28 bits per heavy atom. The van der Waals surface area contributed by atoms with Crippen LogP contribution < -0.4 is 5.32 Å². The topological polar surface area (TPSA) is 68.1 Å². The lowest BCUT2D eigenvalue weighted by Crippen LogP contribution is -2.02. The molecule has 2 aromatic rings. The highest BCUT2D eigenvalue weighted by molar-refractivity contribution is 5.39. The van der Waals surface area contributed by atoms with Gasteiger partial charge in [0.1, 0.15) is 5.82 Å². The van der Waals surface area contributed by atoms with Gasteiger partial charge in [0.2, 0.25) is 0 Å². The minimum absolute atomic E-state index is 0.103. The molecular formula is C13H13N3O2. The van der Waals surface area contributed by atoms with E-state index in [1.807, 2.05) is 31.2 Å². The van der Waals surface area contributed by atoms with E-state index < -0.39 is 4.92 Å². The van der Waals surface area contributed by atoms with Gasteiger partial charge in [0.25, 0.3) is 5.69 Å². The summed E-state index contributed by atoms with van der Waals surface area (Å²) < 4.78 is 0. The first-order chi connectivity index (χ1) is 8.65. The third-order valence-electron chi connectivity index (χ3n) is 2.48. The smallest absolute Gasteiger partial charge is 0.269 e. The maximum absolute atomic E-state index is 10.6. The van der Waals surface area contributed by atoms with Gasteiger partial charge < -0.3 is 5.32 Å². The van der Waals surface area contributed by atoms with Gasteiger partial charge in [0.05, 0.1) is 4.92 Å². The molecule has 0 aliphatic rings. The van der Waals surface area contributed by atoms with Crippen LogP contribution in [0.4, 0.5) is 11.5 Å². The van der Waals surface area contributed by atoms with Crippen molar-refractivity contribution < 1.29 is 4.92 Å². The Morgan fingerprint density at radius 3 is 2.78 bits per heavy atom. The molecule has 0 amide bonds. The Hall–Kier alpha value is -2.43. The number of nitro benzene ring substituents is 1. The number of hydrogen-bond acceptors (Lipinski definition) is 4. The van der Waals surface area contributed by atoms with E-state index in [2.05, 4.69) is 10.3 Å². The van der Waals surface area contributed by atoms with Crippen molar-refractivity contribution in [2.45, 2.75) is 13.5 Å². The molecule has 0 radical (unpaired) electrons. The standard InChI is InChI=1S/C13H13N3O2/c1-10-4-2-7-13(15-10)14-9-11-5-3-6-12(8-11)16(17)18/h2-8H,9H2,1H3,(H,14,15). The Bertz CT molecular complexity index is 570. The second-order valence-corrected chi connectivity index (χ2v) is 3.94. The van der Waals surface area contributed by atoms with E-state index in [1.165, 1.54) is 6.07 Å². The first-order valence-corrected chi connectivity index (χ1v) is 5.56. The molecule has 1 aromatic carbocycles. The summed E-state index contributed by atoms with van der Waals surface area (Å²) in [6, 6.07) is 12.3. The Labute approximate surface area is 105 Å². The second kappa shape index (κ2) is 5.27. The molecule has 0 aliphatic carbocycles. The van der Waals surface area contributed by atoms with Crippen LogP contribution in [0, 0.1) is 17.0 Å². The van der Waals surface area contributed by atoms with Crippen LogP contribution in [-0.4, -0.2) is 9.91 Å². The summed E-state index contributed by atoms with van der Waals surface area (Å²) in [7, 11) is 0. The maximum Gasteiger partial charge on any atom is 0.269 e. The fourth-order valence-corrected chi connectivity index (χ4v) is 1.61. The zero-order chi connectivity index (χ0) is 13.0. The molecular weight excluding hydrogens is 230 g/mol. The summed E-state index contributed by atoms with van der Waals surface area (Å²) >= 11 is 0. The van der Waals surface area contributed by atoms with Crippen molar-refractivity contribution >= 4 is 11.5 Å². The normalized spacial score (nSPS) is 10.1. The SMILES string of the molecule is Cc1cccc(NCc2cccc([N+](=O)[O-])c2)n1. The van der Waals surface area contributed by atoms with E-state index >= 15 is 0 Å². The van der Waals surface area contributed by atoms with E-state index in [4.69, 9.17) is 0 Å². The lowest BCUT2D eigenvalue weighted by Gasteiger charge is -2.06. The van der Waals surface area contributed by atoms with Crippen molar-refractivity contribution in [1.29, 1.82) is 0 Å². The average molecular weight is 243 g/mol. The van der Waals surface area contributed by atoms with E-state index in [-0.39, 0.29) is 5.69 Å². The summed E-state index contributed by atoms with van der Waals surface area (Å²) in [5.74, 6) is 0.765. The van der Waals surface area contributed by atoms with Gasteiger partial charge in [-0.3, -0.25) is 10.1 Å². The largest absolute Gasteiger partial charge is 0.366 e. The maximum atomic E-state index is 10.6. The van der Waals surface area contributed by atoms with Crippen molar-refractivity contribution in [3.63, 3.8) is 0 Å². The highest BCUT2D eigenvalue weighted by atomic mass is 16.6. The van der Waals surface area contributed by atoms with E-state index in [0.29, 0.717) is 6.54 Å². The van der Waals surface area contributed by atoms with Crippen LogP contribution in [0.25, 0.3) is 0 Å². The number of aryl methyl sites for hydroxylation is 1. The number of benzene rings is 1. The Morgan fingerprint density at radius 2 is 2.06 bits per heavy atom. The van der Waals surface area contributed by atoms with Gasteiger partial charge >= 0.3 is 0 Å². The molecule has 0 bridgehead atoms. The summed E-state index contributed by atoms with van der Waals surface area (Å²) in [5.41, 5.74) is 1.89. The number of hydrogen-bond donors (Lipinski definition) is 1. The van der Waals surface area contributed by atoms with Crippen LogP contribution in [0.2, 0.25) is 0 Å². The zero-order valence-corrected chi connectivity index (χ0v) is 9.96. The predicted octanol–water partition coefficient (Wildman–Crippen LogP) is 2.91. The van der Waals surface area contributed by atoms with Crippen LogP contribution in [-0.2, 0) is 6.54 Å². The first-order valence-electron chi connectivity index (χ1n) is 5.56. The number of nitro groups is 1. The number of nitrogens with one attached hydrogen (secondary N) is 1. The quantitative estimate of drug-likeness (QED) is 0.662. The van der Waals surface area contributed by atoms with E-state index in [1.54, 1.807) is 12.1 Å². The molecule has 1 heterocycles. The zero-order valence-electron chi connectivity index (χ0n) is 9.96. The molecule has 0 fully saturated rings. The van der Waals surface area contributed by atoms with Crippen LogP contribution in [0.15, 0.2) is 42.5 Å². The van der Waals surface area contributed by atoms with Gasteiger partial charge in [0.15, 0.2) is 0 Å². The molecule has 1 aromatic heterocycles. The van der Waals surface area contributed by atoms with Crippen molar-refractivity contribution in [1.82, 2.24) is 4.98 Å². The Kier molecular flexibility index (Phi) is 3.52. The second-order valence-electron chi connectivity index (χ2n) is 3.94. The lowest BCUT2D eigenvalue weighted by molar-refractivity contribution is -0.384. The minimum Gasteiger partial charge on any atom is -0.366 e. The third kappa shape index (κ3) is 3.04. The molecule has 92 valence electrons. The van der Waals surface area contributed by atoms with Gasteiger partial charge in [-0.25, -0.2) is 4.98 Å². The molecule has 2 rings (SSSR count). The number of anilines is 1. The first kappa shape index (κ1) is 12.0. The number of pyridine rings is 1. The van der Waals surface area contributed by atoms with Gasteiger partial charge in [-0.2, -0.15) is 0 Å². The molecule has 0 saturated heterocycles. The Balaban J connectivity index is 2.06. The number of aromatic nitrogens is 1. The van der Waals surface area contributed by atoms with Crippen molar-refractivity contribution in [2.24, 2.45) is 0 Å². The third-order valence-corrected chi connectivity index (χ3v) is 2.48. The number of nitrogens with zero attached hydrogens (tertiary/aromatic N) is 2. The van der Waals surface area contributed by atoms with E-state index in [9.17, 15) is 10.1 Å². The van der Waals surface area contributed by atoms with Gasteiger partial charge in [0, 0.05) is 24.4 Å². The molecule has 1 N–H and O–H groups in total. The highest BCUT2D eigenvalue weighted by Gasteiger charge is 2.05. The van der Waals surface area contributed by atoms with Crippen molar-refractivity contribution in [2.75, 3.05) is 5.32 Å². The minimum atomic E-state index is -0.394. The monoisotopic (exact) mass is 243 g/mol. The van der Waals surface area contributed by atoms with Crippen LogP contribution in [0.5, 0.6) is 0 Å². The van der Waals surface area contributed by atoms with Crippen LogP contribution in [0.1, 0.15) is 11.3 Å². The molecule has 0 saturated carbocycles. The molecule has 0 atom stereocenters. The van der Waals surface area contributed by atoms with E-state index in [0.717, 1.165) is 17.1 Å². The summed E-state index contributed by atoms with van der Waals surface area (Å²) in [6.45, 7) is 2.43. The average Bonchev–Trinajstić information content (AvgIpc) is 2.37. The van der Waals surface area contributed by atoms with Crippen molar-refractivity contribution in [3.8, 4) is 0 Å². The molecule has 5 nitrogen and oxygen atoms in total. The summed E-state index contributed by atoms with van der Waals surface area (Å²) in [4.78, 5) is 14.6. The molecule has 18 heavy (non-hydrogen) atoms. The predicted molar refractivity (Wildman–Crippen MR) is 69.4 cm³/mol. The summed E-state index contributed by atoms with van der Waals surface area (Å²) in [6.07, 6.45) is 0.